The lowest BCUT2D eigenvalue weighted by Gasteiger charge is -2.29. The summed E-state index contributed by atoms with van der Waals surface area (Å²) in [5.41, 5.74) is 0.970. The van der Waals surface area contributed by atoms with Gasteiger partial charge in [0.25, 0.3) is 0 Å². The minimum absolute atomic E-state index is 0.259. The molecule has 1 aliphatic heterocycles. The van der Waals surface area contributed by atoms with Crippen LogP contribution in [-0.4, -0.2) is 66.4 Å². The van der Waals surface area contributed by atoms with Gasteiger partial charge in [-0.1, -0.05) is 43.2 Å². The molecule has 1 aliphatic carbocycles. The van der Waals surface area contributed by atoms with Gasteiger partial charge in [-0.15, -0.1) is 0 Å². The highest BCUT2D eigenvalue weighted by molar-refractivity contribution is 5.14. The van der Waals surface area contributed by atoms with Crippen molar-refractivity contribution in [2.45, 2.75) is 56.8 Å². The Labute approximate surface area is 152 Å². The van der Waals surface area contributed by atoms with Crippen LogP contribution in [0.1, 0.15) is 44.1 Å². The molecule has 1 saturated heterocycles. The number of ether oxygens (including phenoxy) is 1. The highest BCUT2D eigenvalue weighted by Crippen LogP contribution is 2.32. The zero-order valence-corrected chi connectivity index (χ0v) is 15.7. The first-order valence-electron chi connectivity index (χ1n) is 9.92. The lowest BCUT2D eigenvalue weighted by molar-refractivity contribution is 0.0101. The third-order valence-electron chi connectivity index (χ3n) is 5.69. The molecular formula is C21H34N2O2. The van der Waals surface area contributed by atoms with Crippen molar-refractivity contribution < 1.29 is 9.84 Å². The predicted octanol–water partition coefficient (Wildman–Crippen LogP) is 2.90. The monoisotopic (exact) mass is 346 g/mol. The number of aliphatic hydroxyl groups is 1. The second-order valence-electron chi connectivity index (χ2n) is 8.01. The largest absolute Gasteiger partial charge is 0.390 e. The fourth-order valence-corrected chi connectivity index (χ4v) is 4.19. The van der Waals surface area contributed by atoms with Gasteiger partial charge >= 0.3 is 0 Å². The van der Waals surface area contributed by atoms with Crippen molar-refractivity contribution >= 4 is 0 Å². The van der Waals surface area contributed by atoms with Gasteiger partial charge in [0, 0.05) is 39.3 Å². The average Bonchev–Trinajstić information content (AvgIpc) is 2.93. The van der Waals surface area contributed by atoms with Crippen molar-refractivity contribution in [2.75, 3.05) is 39.8 Å². The van der Waals surface area contributed by atoms with Crippen molar-refractivity contribution in [1.29, 1.82) is 0 Å². The number of hydrogen-bond acceptors (Lipinski definition) is 4. The minimum atomic E-state index is -0.405. The van der Waals surface area contributed by atoms with E-state index in [-0.39, 0.29) is 6.10 Å². The lowest BCUT2D eigenvalue weighted by Crippen LogP contribution is -2.40. The smallest absolute Gasteiger partial charge is 0.0828 e. The zero-order valence-electron chi connectivity index (χ0n) is 15.7. The Morgan fingerprint density at radius 3 is 2.72 bits per heavy atom. The third kappa shape index (κ3) is 6.07. The van der Waals surface area contributed by atoms with Crippen LogP contribution >= 0.6 is 0 Å². The summed E-state index contributed by atoms with van der Waals surface area (Å²) in [5.74, 6) is 0. The Balaban J connectivity index is 1.45. The van der Waals surface area contributed by atoms with Crippen LogP contribution in [-0.2, 0) is 11.3 Å². The molecule has 0 spiro atoms. The van der Waals surface area contributed by atoms with Crippen LogP contribution in [0.15, 0.2) is 30.3 Å². The number of hydrogen-bond donors (Lipinski definition) is 1. The summed E-state index contributed by atoms with van der Waals surface area (Å²) in [6.45, 7) is 5.85. The molecule has 25 heavy (non-hydrogen) atoms. The fourth-order valence-electron chi connectivity index (χ4n) is 4.19. The van der Waals surface area contributed by atoms with E-state index in [0.717, 1.165) is 65.0 Å². The van der Waals surface area contributed by atoms with E-state index in [1.807, 2.05) is 0 Å². The van der Waals surface area contributed by atoms with Gasteiger partial charge in [-0.25, -0.2) is 0 Å². The van der Waals surface area contributed by atoms with Crippen LogP contribution in [0, 0.1) is 0 Å². The van der Waals surface area contributed by atoms with Gasteiger partial charge in [-0.3, -0.25) is 4.90 Å². The van der Waals surface area contributed by atoms with Crippen LogP contribution in [0.5, 0.6) is 0 Å². The quantitative estimate of drug-likeness (QED) is 0.823. The number of rotatable bonds is 7. The van der Waals surface area contributed by atoms with E-state index in [4.69, 9.17) is 4.74 Å². The van der Waals surface area contributed by atoms with Gasteiger partial charge in [0.15, 0.2) is 0 Å². The van der Waals surface area contributed by atoms with Crippen molar-refractivity contribution in [3.63, 3.8) is 0 Å². The maximum absolute atomic E-state index is 10.5. The van der Waals surface area contributed by atoms with Crippen LogP contribution in [0.3, 0.4) is 0 Å². The van der Waals surface area contributed by atoms with Crippen LogP contribution < -0.4 is 0 Å². The molecule has 0 amide bonds. The predicted molar refractivity (Wildman–Crippen MR) is 102 cm³/mol. The molecule has 1 saturated carbocycles. The topological polar surface area (TPSA) is 35.9 Å². The Bertz CT molecular complexity index is 502. The first-order valence-corrected chi connectivity index (χ1v) is 9.92. The standard InChI is InChI=1S/C21H34N2O2/c1-22(14-12-21(24)10-5-6-11-21)17-20-18-23(13-7-15-25-20)16-19-8-3-2-4-9-19/h2-4,8-9,20,24H,5-7,10-18H2,1H3/t20-/m1/s1. The number of benzene rings is 1. The number of nitrogens with zero attached hydrogens (tertiary/aromatic N) is 2. The molecule has 4 heteroatoms. The van der Waals surface area contributed by atoms with E-state index < -0.39 is 5.60 Å². The molecule has 2 fully saturated rings. The summed E-state index contributed by atoms with van der Waals surface area (Å²) in [6, 6.07) is 10.7. The molecule has 0 aromatic heterocycles. The zero-order chi connectivity index (χ0) is 17.5. The molecular weight excluding hydrogens is 312 g/mol. The molecule has 1 heterocycles. The summed E-state index contributed by atoms with van der Waals surface area (Å²) in [5, 5.41) is 10.5. The Hall–Kier alpha value is -0.940. The van der Waals surface area contributed by atoms with Gasteiger partial charge in [-0.05, 0) is 38.3 Å². The fraction of sp³-hybridized carbons (Fsp3) is 0.714. The highest BCUT2D eigenvalue weighted by Gasteiger charge is 2.31. The molecule has 1 atom stereocenters. The summed E-state index contributed by atoms with van der Waals surface area (Å²) in [4.78, 5) is 4.86. The SMILES string of the molecule is CN(CCC1(O)CCCC1)C[C@@H]1CN(Cc2ccccc2)CCCO1. The van der Waals surface area contributed by atoms with Crippen molar-refractivity contribution in [2.24, 2.45) is 0 Å². The number of likely N-dealkylation sites (N-methyl/N-ethyl adjacent to an activating group) is 1. The normalized spacial score (nSPS) is 24.5. The molecule has 140 valence electrons. The summed E-state index contributed by atoms with van der Waals surface area (Å²) < 4.78 is 6.09. The molecule has 3 rings (SSSR count). The van der Waals surface area contributed by atoms with Crippen LogP contribution in [0.4, 0.5) is 0 Å². The summed E-state index contributed by atoms with van der Waals surface area (Å²) >= 11 is 0. The van der Waals surface area contributed by atoms with Crippen molar-refractivity contribution in [1.82, 2.24) is 9.80 Å². The summed E-state index contributed by atoms with van der Waals surface area (Å²) in [6.07, 6.45) is 6.57. The van der Waals surface area contributed by atoms with Crippen molar-refractivity contribution in [3.8, 4) is 0 Å². The van der Waals surface area contributed by atoms with E-state index >= 15 is 0 Å². The van der Waals surface area contributed by atoms with E-state index in [0.29, 0.717) is 0 Å². The van der Waals surface area contributed by atoms with Gasteiger partial charge in [0.1, 0.15) is 0 Å². The Kier molecular flexibility index (Phi) is 6.88. The molecule has 4 nitrogen and oxygen atoms in total. The van der Waals surface area contributed by atoms with Gasteiger partial charge < -0.3 is 14.7 Å². The van der Waals surface area contributed by atoms with E-state index in [9.17, 15) is 5.11 Å². The molecule has 0 radical (unpaired) electrons. The maximum Gasteiger partial charge on any atom is 0.0828 e. The first kappa shape index (κ1) is 18.8. The first-order chi connectivity index (χ1) is 12.1. The molecule has 1 aromatic carbocycles. The third-order valence-corrected chi connectivity index (χ3v) is 5.69. The van der Waals surface area contributed by atoms with Gasteiger partial charge in [-0.2, -0.15) is 0 Å². The molecule has 1 aromatic rings. The summed E-state index contributed by atoms with van der Waals surface area (Å²) in [7, 11) is 2.16. The molecule has 0 bridgehead atoms. The van der Waals surface area contributed by atoms with Gasteiger partial charge in [0.05, 0.1) is 11.7 Å². The average molecular weight is 347 g/mol. The Morgan fingerprint density at radius 2 is 1.96 bits per heavy atom. The minimum Gasteiger partial charge on any atom is -0.390 e. The van der Waals surface area contributed by atoms with Crippen LogP contribution in [0.25, 0.3) is 0 Å². The van der Waals surface area contributed by atoms with Crippen LogP contribution in [0.2, 0.25) is 0 Å². The van der Waals surface area contributed by atoms with E-state index in [1.165, 1.54) is 18.4 Å². The molecule has 0 unspecified atom stereocenters. The Morgan fingerprint density at radius 1 is 1.20 bits per heavy atom. The molecule has 1 N–H and O–H groups in total. The van der Waals surface area contributed by atoms with Crippen molar-refractivity contribution in [3.05, 3.63) is 35.9 Å². The lowest BCUT2D eigenvalue weighted by atomic mass is 9.98. The molecule has 2 aliphatic rings. The maximum atomic E-state index is 10.5. The second-order valence-corrected chi connectivity index (χ2v) is 8.01. The second kappa shape index (κ2) is 9.13. The van der Waals surface area contributed by atoms with E-state index in [2.05, 4.69) is 47.2 Å². The van der Waals surface area contributed by atoms with Gasteiger partial charge in [0.2, 0.25) is 0 Å². The highest BCUT2D eigenvalue weighted by atomic mass is 16.5. The van der Waals surface area contributed by atoms with E-state index in [1.54, 1.807) is 0 Å².